The first-order valence-corrected chi connectivity index (χ1v) is 5.68. The van der Waals surface area contributed by atoms with Gasteiger partial charge in [0.2, 0.25) is 0 Å². The molecule has 0 bridgehead atoms. The van der Waals surface area contributed by atoms with Gasteiger partial charge in [-0.05, 0) is 42.7 Å². The van der Waals surface area contributed by atoms with Gasteiger partial charge < -0.3 is 0 Å². The summed E-state index contributed by atoms with van der Waals surface area (Å²) in [6, 6.07) is 16.1. The lowest BCUT2D eigenvalue weighted by molar-refractivity contribution is 1.31. The smallest absolute Gasteiger partial charge is 0.0561 e. The van der Waals surface area contributed by atoms with Gasteiger partial charge in [0.1, 0.15) is 0 Å². The summed E-state index contributed by atoms with van der Waals surface area (Å²) in [6.45, 7) is 4.22. The third kappa shape index (κ3) is 2.94. The summed E-state index contributed by atoms with van der Waals surface area (Å²) in [6.07, 6.45) is 1.86. The molecule has 0 aliphatic heterocycles. The molecule has 0 fully saturated rings. The predicted molar refractivity (Wildman–Crippen MR) is 73.6 cm³/mol. The summed E-state index contributed by atoms with van der Waals surface area (Å²) in [5.74, 6) is 0. The van der Waals surface area contributed by atoms with Gasteiger partial charge in [0.25, 0.3) is 0 Å². The van der Waals surface area contributed by atoms with E-state index in [-0.39, 0.29) is 0 Å². The highest BCUT2D eigenvalue weighted by Gasteiger charge is 1.96. The highest BCUT2D eigenvalue weighted by atomic mass is 15.3. The van der Waals surface area contributed by atoms with Crippen LogP contribution in [0.25, 0.3) is 0 Å². The number of hydrogen-bond donors (Lipinski definition) is 1. The Balaban J connectivity index is 2.09. The number of hydrazone groups is 1. The van der Waals surface area contributed by atoms with E-state index in [0.29, 0.717) is 0 Å². The van der Waals surface area contributed by atoms with Crippen molar-refractivity contribution in [3.8, 4) is 0 Å². The van der Waals surface area contributed by atoms with Crippen molar-refractivity contribution in [1.82, 2.24) is 0 Å². The second-order valence-corrected chi connectivity index (χ2v) is 4.03. The minimum absolute atomic E-state index is 0.994. The molecule has 2 rings (SSSR count). The molecule has 0 aliphatic rings. The molecule has 2 heteroatoms. The molecule has 0 radical (unpaired) electrons. The van der Waals surface area contributed by atoms with Gasteiger partial charge >= 0.3 is 0 Å². The fourth-order valence-electron chi connectivity index (χ4n) is 1.60. The van der Waals surface area contributed by atoms with Crippen LogP contribution in [-0.2, 0) is 0 Å². The monoisotopic (exact) mass is 224 g/mol. The van der Waals surface area contributed by atoms with Crippen LogP contribution in [0.4, 0.5) is 5.69 Å². The maximum absolute atomic E-state index is 4.24. The van der Waals surface area contributed by atoms with Gasteiger partial charge in [-0.1, -0.05) is 36.4 Å². The first kappa shape index (κ1) is 11.4. The Hall–Kier alpha value is -2.09. The minimum atomic E-state index is 0.994. The van der Waals surface area contributed by atoms with Crippen LogP contribution >= 0.6 is 0 Å². The Morgan fingerprint density at radius 1 is 0.941 bits per heavy atom. The zero-order chi connectivity index (χ0) is 12.1. The molecule has 0 amide bonds. The molecule has 0 saturated carbocycles. The molecule has 2 aromatic carbocycles. The lowest BCUT2D eigenvalue weighted by atomic mass is 10.0. The maximum atomic E-state index is 4.24. The van der Waals surface area contributed by atoms with Crippen LogP contribution in [0.5, 0.6) is 0 Å². The zero-order valence-corrected chi connectivity index (χ0v) is 10.1. The maximum Gasteiger partial charge on any atom is 0.0561 e. The number of hydrogen-bond acceptors (Lipinski definition) is 2. The van der Waals surface area contributed by atoms with Gasteiger partial charge in [-0.15, -0.1) is 0 Å². The van der Waals surface area contributed by atoms with Crippen LogP contribution in [0.1, 0.15) is 16.7 Å². The lowest BCUT2D eigenvalue weighted by Crippen LogP contribution is -1.93. The fraction of sp³-hybridized carbons (Fsp3) is 0.133. The number of nitrogens with zero attached hydrogens (tertiary/aromatic N) is 1. The summed E-state index contributed by atoms with van der Waals surface area (Å²) in [5.41, 5.74) is 7.71. The average molecular weight is 224 g/mol. The van der Waals surface area contributed by atoms with Crippen molar-refractivity contribution in [2.24, 2.45) is 5.10 Å². The van der Waals surface area contributed by atoms with E-state index < -0.39 is 0 Å². The Bertz CT molecular complexity index is 516. The van der Waals surface area contributed by atoms with Crippen LogP contribution in [0.2, 0.25) is 0 Å². The highest BCUT2D eigenvalue weighted by molar-refractivity contribution is 5.82. The summed E-state index contributed by atoms with van der Waals surface area (Å²) in [7, 11) is 0. The van der Waals surface area contributed by atoms with E-state index in [1.165, 1.54) is 11.1 Å². The van der Waals surface area contributed by atoms with Gasteiger partial charge in [-0.3, -0.25) is 5.43 Å². The van der Waals surface area contributed by atoms with Crippen molar-refractivity contribution in [3.63, 3.8) is 0 Å². The van der Waals surface area contributed by atoms with Crippen LogP contribution in [0, 0.1) is 13.8 Å². The third-order valence-electron chi connectivity index (χ3n) is 2.82. The molecule has 0 aromatic heterocycles. The quantitative estimate of drug-likeness (QED) is 0.623. The van der Waals surface area contributed by atoms with Gasteiger partial charge in [0.15, 0.2) is 0 Å². The first-order valence-electron chi connectivity index (χ1n) is 5.68. The number of nitrogens with one attached hydrogen (secondary N) is 1. The average Bonchev–Trinajstić information content (AvgIpc) is 2.36. The summed E-state index contributed by atoms with van der Waals surface area (Å²) in [5, 5.41) is 4.24. The molecule has 0 spiro atoms. The summed E-state index contributed by atoms with van der Waals surface area (Å²) in [4.78, 5) is 0. The Kier molecular flexibility index (Phi) is 3.55. The molecular formula is C15H16N2. The van der Waals surface area contributed by atoms with E-state index in [9.17, 15) is 0 Å². The van der Waals surface area contributed by atoms with Crippen molar-refractivity contribution in [3.05, 3.63) is 65.2 Å². The first-order chi connectivity index (χ1) is 8.27. The molecule has 2 aromatic rings. The highest BCUT2D eigenvalue weighted by Crippen LogP contribution is 2.11. The molecule has 0 unspecified atom stereocenters. The Morgan fingerprint density at radius 3 is 2.47 bits per heavy atom. The van der Waals surface area contributed by atoms with E-state index in [1.54, 1.807) is 0 Å². The van der Waals surface area contributed by atoms with Crippen LogP contribution in [0.15, 0.2) is 53.6 Å². The largest absolute Gasteiger partial charge is 0.279 e. The third-order valence-corrected chi connectivity index (χ3v) is 2.82. The van der Waals surface area contributed by atoms with Crippen molar-refractivity contribution in [2.75, 3.05) is 5.43 Å². The van der Waals surface area contributed by atoms with Crippen molar-refractivity contribution >= 4 is 11.9 Å². The summed E-state index contributed by atoms with van der Waals surface area (Å²) < 4.78 is 0. The standard InChI is InChI=1S/C15H16N2/c1-12-7-6-8-14(13(12)2)11-16-17-15-9-4-3-5-10-15/h3-11,17H,1-2H3. The van der Waals surface area contributed by atoms with Crippen molar-refractivity contribution in [1.29, 1.82) is 0 Å². The molecule has 2 nitrogen and oxygen atoms in total. The van der Waals surface area contributed by atoms with E-state index >= 15 is 0 Å². The number of aryl methyl sites for hydroxylation is 1. The molecule has 0 heterocycles. The van der Waals surface area contributed by atoms with E-state index in [1.807, 2.05) is 42.6 Å². The summed E-state index contributed by atoms with van der Waals surface area (Å²) >= 11 is 0. The van der Waals surface area contributed by atoms with Crippen LogP contribution in [0.3, 0.4) is 0 Å². The Morgan fingerprint density at radius 2 is 1.71 bits per heavy atom. The molecule has 0 atom stereocenters. The SMILES string of the molecule is Cc1cccc(C=NNc2ccccc2)c1C. The normalized spacial score (nSPS) is 10.7. The fourth-order valence-corrected chi connectivity index (χ4v) is 1.60. The number of rotatable bonds is 3. The molecule has 0 aliphatic carbocycles. The van der Waals surface area contributed by atoms with Gasteiger partial charge in [-0.2, -0.15) is 5.10 Å². The minimum Gasteiger partial charge on any atom is -0.279 e. The van der Waals surface area contributed by atoms with Gasteiger partial charge in [-0.25, -0.2) is 0 Å². The molecule has 17 heavy (non-hydrogen) atoms. The molecule has 0 saturated heterocycles. The van der Waals surface area contributed by atoms with Crippen LogP contribution in [-0.4, -0.2) is 6.21 Å². The zero-order valence-electron chi connectivity index (χ0n) is 10.1. The van der Waals surface area contributed by atoms with Crippen molar-refractivity contribution < 1.29 is 0 Å². The van der Waals surface area contributed by atoms with E-state index in [4.69, 9.17) is 0 Å². The molecule has 1 N–H and O–H groups in total. The number of benzene rings is 2. The van der Waals surface area contributed by atoms with Crippen molar-refractivity contribution in [2.45, 2.75) is 13.8 Å². The molecular weight excluding hydrogens is 208 g/mol. The number of anilines is 1. The van der Waals surface area contributed by atoms with Gasteiger partial charge in [0, 0.05) is 0 Å². The number of para-hydroxylation sites is 1. The second-order valence-electron chi connectivity index (χ2n) is 4.03. The predicted octanol–water partition coefficient (Wildman–Crippen LogP) is 3.75. The van der Waals surface area contributed by atoms with Gasteiger partial charge in [0.05, 0.1) is 11.9 Å². The Labute approximate surface area is 102 Å². The second kappa shape index (κ2) is 5.30. The lowest BCUT2D eigenvalue weighted by Gasteiger charge is -2.03. The topological polar surface area (TPSA) is 24.4 Å². The van der Waals surface area contributed by atoms with E-state index in [2.05, 4.69) is 36.5 Å². The molecule has 86 valence electrons. The van der Waals surface area contributed by atoms with Crippen LogP contribution < -0.4 is 5.43 Å². The van der Waals surface area contributed by atoms with E-state index in [0.717, 1.165) is 11.3 Å².